The number of methoxy groups -OCH3 is 1. The fourth-order valence-corrected chi connectivity index (χ4v) is 2.29. The van der Waals surface area contributed by atoms with Crippen LogP contribution >= 0.6 is 0 Å². The Kier molecular flexibility index (Phi) is 5.61. The molecule has 0 bridgehead atoms. The van der Waals surface area contributed by atoms with Crippen LogP contribution in [0.5, 0.6) is 17.4 Å². The predicted octanol–water partition coefficient (Wildman–Crippen LogP) is 4.05. The van der Waals surface area contributed by atoms with Gasteiger partial charge >= 0.3 is 0 Å². The second-order valence-corrected chi connectivity index (χ2v) is 6.08. The van der Waals surface area contributed by atoms with Gasteiger partial charge in [0.05, 0.1) is 24.6 Å². The fourth-order valence-electron chi connectivity index (χ4n) is 2.29. The number of nitrogens with one attached hydrogen (secondary N) is 1. The van der Waals surface area contributed by atoms with Gasteiger partial charge in [0, 0.05) is 24.4 Å². The molecule has 1 aromatic carbocycles. The Morgan fingerprint density at radius 1 is 0.963 bits per heavy atom. The van der Waals surface area contributed by atoms with Gasteiger partial charge in [0.15, 0.2) is 11.5 Å². The molecular formula is C20H20N4O3. The van der Waals surface area contributed by atoms with Crippen molar-refractivity contribution in [1.82, 2.24) is 15.0 Å². The van der Waals surface area contributed by atoms with E-state index in [1.165, 1.54) is 18.6 Å². The molecule has 138 valence electrons. The number of anilines is 1. The number of nitrogens with zero attached hydrogens (tertiary/aromatic N) is 3. The minimum atomic E-state index is -0.300. The minimum Gasteiger partial charge on any atom is -0.493 e. The maximum atomic E-state index is 12.3. The maximum absolute atomic E-state index is 12.3. The highest BCUT2D eigenvalue weighted by Gasteiger charge is 2.10. The first-order valence-electron chi connectivity index (χ1n) is 8.47. The van der Waals surface area contributed by atoms with Crippen molar-refractivity contribution in [3.63, 3.8) is 0 Å². The van der Waals surface area contributed by atoms with Crippen molar-refractivity contribution in [2.75, 3.05) is 12.4 Å². The van der Waals surface area contributed by atoms with Crippen molar-refractivity contribution < 1.29 is 14.3 Å². The first-order chi connectivity index (χ1) is 13.1. The van der Waals surface area contributed by atoms with Gasteiger partial charge in [0.25, 0.3) is 5.91 Å². The number of para-hydroxylation sites is 2. The molecule has 27 heavy (non-hydrogen) atoms. The van der Waals surface area contributed by atoms with E-state index in [4.69, 9.17) is 9.47 Å². The van der Waals surface area contributed by atoms with Crippen molar-refractivity contribution in [2.45, 2.75) is 19.8 Å². The lowest BCUT2D eigenvalue weighted by Gasteiger charge is -2.10. The minimum absolute atomic E-state index is 0.210. The zero-order chi connectivity index (χ0) is 19.2. The maximum Gasteiger partial charge on any atom is 0.258 e. The number of aromatic nitrogens is 3. The lowest BCUT2D eigenvalue weighted by atomic mass is 10.2. The van der Waals surface area contributed by atoms with Crippen molar-refractivity contribution in [3.8, 4) is 17.4 Å². The van der Waals surface area contributed by atoms with Crippen LogP contribution < -0.4 is 14.8 Å². The number of hydrogen-bond acceptors (Lipinski definition) is 6. The molecule has 0 unspecified atom stereocenters. The van der Waals surface area contributed by atoms with E-state index < -0.39 is 0 Å². The number of ether oxygens (including phenoxy) is 2. The molecule has 1 amide bonds. The van der Waals surface area contributed by atoms with E-state index in [1.807, 2.05) is 26.0 Å². The molecule has 7 heteroatoms. The monoisotopic (exact) mass is 364 g/mol. The zero-order valence-corrected chi connectivity index (χ0v) is 15.3. The van der Waals surface area contributed by atoms with Gasteiger partial charge in [-0.2, -0.15) is 0 Å². The molecule has 7 nitrogen and oxygen atoms in total. The van der Waals surface area contributed by atoms with Crippen molar-refractivity contribution in [1.29, 1.82) is 0 Å². The summed E-state index contributed by atoms with van der Waals surface area (Å²) < 4.78 is 11.0. The Bertz CT molecular complexity index is 909. The standard InChI is InChI=1S/C20H20N4O3/c1-13(2)19-22-10-14(11-23-19)20(25)24-15-8-9-18(21-12-15)27-17-7-5-4-6-16(17)26-3/h4-13H,1-3H3,(H,24,25). The Morgan fingerprint density at radius 3 is 2.26 bits per heavy atom. The predicted molar refractivity (Wildman–Crippen MR) is 101 cm³/mol. The average Bonchev–Trinajstić information content (AvgIpc) is 2.70. The van der Waals surface area contributed by atoms with E-state index in [-0.39, 0.29) is 11.8 Å². The number of hydrogen-bond donors (Lipinski definition) is 1. The smallest absolute Gasteiger partial charge is 0.258 e. The summed E-state index contributed by atoms with van der Waals surface area (Å²) in [6, 6.07) is 10.7. The number of benzene rings is 1. The van der Waals surface area contributed by atoms with Gasteiger partial charge in [-0.1, -0.05) is 26.0 Å². The summed E-state index contributed by atoms with van der Waals surface area (Å²) in [6.45, 7) is 3.99. The van der Waals surface area contributed by atoms with E-state index >= 15 is 0 Å². The molecule has 0 aliphatic heterocycles. The molecule has 0 aliphatic carbocycles. The third kappa shape index (κ3) is 4.58. The lowest BCUT2D eigenvalue weighted by Crippen LogP contribution is -2.13. The topological polar surface area (TPSA) is 86.2 Å². The van der Waals surface area contributed by atoms with Gasteiger partial charge in [-0.25, -0.2) is 15.0 Å². The second kappa shape index (κ2) is 8.27. The normalized spacial score (nSPS) is 10.5. The van der Waals surface area contributed by atoms with Gasteiger partial charge < -0.3 is 14.8 Å². The van der Waals surface area contributed by atoms with Gasteiger partial charge in [0.1, 0.15) is 5.82 Å². The summed E-state index contributed by atoms with van der Waals surface area (Å²) in [6.07, 6.45) is 4.56. The zero-order valence-electron chi connectivity index (χ0n) is 15.3. The van der Waals surface area contributed by atoms with E-state index in [1.54, 1.807) is 31.4 Å². The van der Waals surface area contributed by atoms with Crippen LogP contribution in [0.25, 0.3) is 0 Å². The molecule has 0 atom stereocenters. The Hall–Kier alpha value is -3.48. The SMILES string of the molecule is COc1ccccc1Oc1ccc(NC(=O)c2cnc(C(C)C)nc2)cn1. The summed E-state index contributed by atoms with van der Waals surface area (Å²) in [7, 11) is 1.58. The molecule has 3 rings (SSSR count). The summed E-state index contributed by atoms with van der Waals surface area (Å²) in [5, 5.41) is 2.76. The van der Waals surface area contributed by atoms with Crippen LogP contribution in [0.1, 0.15) is 35.9 Å². The molecule has 0 aliphatic rings. The van der Waals surface area contributed by atoms with E-state index in [9.17, 15) is 4.79 Å². The fraction of sp³-hybridized carbons (Fsp3) is 0.200. The van der Waals surface area contributed by atoms with E-state index in [0.29, 0.717) is 34.5 Å². The summed E-state index contributed by atoms with van der Waals surface area (Å²) in [4.78, 5) is 24.9. The van der Waals surface area contributed by atoms with Gasteiger partial charge in [-0.3, -0.25) is 4.79 Å². The second-order valence-electron chi connectivity index (χ2n) is 6.08. The van der Waals surface area contributed by atoms with Gasteiger partial charge in [-0.15, -0.1) is 0 Å². The Morgan fingerprint density at radius 2 is 1.67 bits per heavy atom. The third-order valence-corrected chi connectivity index (χ3v) is 3.73. The molecule has 0 radical (unpaired) electrons. The quantitative estimate of drug-likeness (QED) is 0.710. The number of carbonyl (C=O) groups excluding carboxylic acids is 1. The molecule has 0 spiro atoms. The molecule has 2 aromatic heterocycles. The number of pyridine rings is 1. The molecule has 0 fully saturated rings. The molecule has 3 aromatic rings. The van der Waals surface area contributed by atoms with Crippen molar-refractivity contribution >= 4 is 11.6 Å². The molecule has 0 saturated carbocycles. The lowest BCUT2D eigenvalue weighted by molar-refractivity contribution is 0.102. The van der Waals surface area contributed by atoms with Crippen LogP contribution in [0.15, 0.2) is 55.0 Å². The van der Waals surface area contributed by atoms with Crippen LogP contribution in [0.2, 0.25) is 0 Å². The van der Waals surface area contributed by atoms with Gasteiger partial charge in [0.2, 0.25) is 5.88 Å². The summed E-state index contributed by atoms with van der Waals surface area (Å²) in [5.41, 5.74) is 0.925. The number of amides is 1. The first-order valence-corrected chi connectivity index (χ1v) is 8.47. The van der Waals surface area contributed by atoms with Crippen LogP contribution in [0.3, 0.4) is 0 Å². The average molecular weight is 364 g/mol. The number of rotatable bonds is 6. The van der Waals surface area contributed by atoms with Crippen molar-refractivity contribution in [3.05, 3.63) is 66.4 Å². The largest absolute Gasteiger partial charge is 0.493 e. The summed E-state index contributed by atoms with van der Waals surface area (Å²) in [5.74, 6) is 2.17. The highest BCUT2D eigenvalue weighted by atomic mass is 16.5. The third-order valence-electron chi connectivity index (χ3n) is 3.73. The van der Waals surface area contributed by atoms with Crippen molar-refractivity contribution in [2.24, 2.45) is 0 Å². The van der Waals surface area contributed by atoms with Crippen LogP contribution in [0, 0.1) is 0 Å². The van der Waals surface area contributed by atoms with Crippen LogP contribution in [0.4, 0.5) is 5.69 Å². The Balaban J connectivity index is 1.65. The van der Waals surface area contributed by atoms with Crippen LogP contribution in [-0.4, -0.2) is 28.0 Å². The molecule has 2 heterocycles. The first kappa shape index (κ1) is 18.3. The molecular weight excluding hydrogens is 344 g/mol. The summed E-state index contributed by atoms with van der Waals surface area (Å²) >= 11 is 0. The highest BCUT2D eigenvalue weighted by Crippen LogP contribution is 2.30. The Labute approximate surface area is 157 Å². The highest BCUT2D eigenvalue weighted by molar-refractivity contribution is 6.03. The number of carbonyl (C=O) groups is 1. The van der Waals surface area contributed by atoms with E-state index in [2.05, 4.69) is 20.3 Å². The van der Waals surface area contributed by atoms with Crippen LogP contribution in [-0.2, 0) is 0 Å². The van der Waals surface area contributed by atoms with E-state index in [0.717, 1.165) is 0 Å². The molecule has 0 saturated heterocycles. The molecule has 1 N–H and O–H groups in total. The van der Waals surface area contributed by atoms with Gasteiger partial charge in [-0.05, 0) is 18.2 Å².